The largest absolute Gasteiger partial charge is 0.494 e. The summed E-state index contributed by atoms with van der Waals surface area (Å²) in [6.07, 6.45) is 3.38. The topological polar surface area (TPSA) is 104 Å². The number of hydrogen-bond acceptors (Lipinski definition) is 5. The Morgan fingerprint density at radius 1 is 0.947 bits per heavy atom. The van der Waals surface area contributed by atoms with Gasteiger partial charge in [-0.15, -0.1) is 0 Å². The zero-order chi connectivity index (χ0) is 28.0. The van der Waals surface area contributed by atoms with Crippen LogP contribution >= 0.6 is 46.4 Å². The highest BCUT2D eigenvalue weighted by Gasteiger charge is 2.28. The van der Waals surface area contributed by atoms with E-state index >= 15 is 0 Å². The Bertz CT molecular complexity index is 1330. The predicted octanol–water partition coefficient (Wildman–Crippen LogP) is 6.20. The number of methoxy groups -OCH3 is 2. The molecule has 4 rings (SSSR count). The number of benzene rings is 2. The molecular formula is C26H30Cl4N4O4. The summed E-state index contributed by atoms with van der Waals surface area (Å²) >= 11 is 24.9. The number of fused-ring (bicyclic) bond motifs is 2. The normalized spacial score (nSPS) is 13.7. The van der Waals surface area contributed by atoms with Crippen molar-refractivity contribution in [2.45, 2.75) is 32.6 Å². The van der Waals surface area contributed by atoms with Gasteiger partial charge in [-0.3, -0.25) is 9.59 Å². The molecule has 2 aromatic carbocycles. The maximum Gasteiger partial charge on any atom is 0.216 e. The fourth-order valence-electron chi connectivity index (χ4n) is 4.38. The van der Waals surface area contributed by atoms with E-state index in [0.29, 0.717) is 51.1 Å². The zero-order valence-electron chi connectivity index (χ0n) is 21.5. The molecule has 206 valence electrons. The molecule has 8 nitrogen and oxygen atoms in total. The number of aromatic amines is 1. The lowest BCUT2D eigenvalue weighted by Crippen LogP contribution is -2.23. The van der Waals surface area contributed by atoms with Gasteiger partial charge in [-0.2, -0.15) is 0 Å². The molecule has 1 aliphatic heterocycles. The first-order valence-electron chi connectivity index (χ1n) is 11.9. The summed E-state index contributed by atoms with van der Waals surface area (Å²) in [5, 5.41) is 11.7. The van der Waals surface area contributed by atoms with Gasteiger partial charge >= 0.3 is 0 Å². The minimum Gasteiger partial charge on any atom is -0.494 e. The van der Waals surface area contributed by atoms with Crippen LogP contribution in [0.2, 0.25) is 20.1 Å². The van der Waals surface area contributed by atoms with E-state index < -0.39 is 0 Å². The quantitative estimate of drug-likeness (QED) is 0.245. The molecule has 1 aliphatic rings. The number of halogens is 4. The van der Waals surface area contributed by atoms with Gasteiger partial charge in [-0.25, -0.2) is 0 Å². The van der Waals surface area contributed by atoms with Gasteiger partial charge in [0.1, 0.15) is 0 Å². The number of carbonyl (C=O) groups excluding carboxylic acids is 2. The summed E-state index contributed by atoms with van der Waals surface area (Å²) < 4.78 is 10.4. The van der Waals surface area contributed by atoms with Crippen molar-refractivity contribution >= 4 is 74.8 Å². The third kappa shape index (κ3) is 6.91. The molecule has 1 unspecified atom stereocenters. The predicted molar refractivity (Wildman–Crippen MR) is 155 cm³/mol. The molecule has 0 saturated carbocycles. The standard InChI is InChI=1S/C13H16Cl2N2O2.C13H14Cl2N2O2/c2*1-7(18)16-4-3-8-6-17-10-5-9(14)13(19-2)12(15)11(8)10/h5,8,17H,3-4,6H2,1-2H3,(H,16,18);5-6,17H,3-4H2,1-2H3,(H,16,18). The van der Waals surface area contributed by atoms with E-state index in [1.807, 2.05) is 12.3 Å². The van der Waals surface area contributed by atoms with Crippen LogP contribution in [-0.4, -0.2) is 50.7 Å². The molecule has 1 aromatic heterocycles. The minimum absolute atomic E-state index is 0.0223. The van der Waals surface area contributed by atoms with E-state index in [1.165, 1.54) is 21.0 Å². The molecule has 3 aromatic rings. The van der Waals surface area contributed by atoms with Crippen LogP contribution in [-0.2, 0) is 16.0 Å². The lowest BCUT2D eigenvalue weighted by atomic mass is 9.97. The number of ether oxygens (including phenoxy) is 2. The van der Waals surface area contributed by atoms with Crippen LogP contribution in [0, 0.1) is 0 Å². The van der Waals surface area contributed by atoms with Crippen LogP contribution in [0.1, 0.15) is 37.3 Å². The Morgan fingerprint density at radius 3 is 2.18 bits per heavy atom. The summed E-state index contributed by atoms with van der Waals surface area (Å²) in [7, 11) is 3.08. The highest BCUT2D eigenvalue weighted by atomic mass is 35.5. The van der Waals surface area contributed by atoms with Crippen molar-refractivity contribution < 1.29 is 19.1 Å². The van der Waals surface area contributed by atoms with Crippen molar-refractivity contribution in [3.63, 3.8) is 0 Å². The molecule has 0 spiro atoms. The Hall–Kier alpha value is -2.52. The average molecular weight is 604 g/mol. The van der Waals surface area contributed by atoms with Crippen molar-refractivity contribution in [3.05, 3.63) is 49.5 Å². The Labute approximate surface area is 241 Å². The number of rotatable bonds is 8. The van der Waals surface area contributed by atoms with Gasteiger partial charge in [0, 0.05) is 67.8 Å². The first-order valence-corrected chi connectivity index (χ1v) is 13.4. The second-order valence-corrected chi connectivity index (χ2v) is 10.3. The molecule has 12 heteroatoms. The molecule has 0 radical (unpaired) electrons. The summed E-state index contributed by atoms with van der Waals surface area (Å²) in [4.78, 5) is 24.9. The Balaban J connectivity index is 0.000000211. The molecule has 0 aliphatic carbocycles. The number of aromatic nitrogens is 1. The van der Waals surface area contributed by atoms with Crippen LogP contribution in [0.25, 0.3) is 10.9 Å². The molecular weight excluding hydrogens is 574 g/mol. The van der Waals surface area contributed by atoms with Gasteiger partial charge in [-0.05, 0) is 30.5 Å². The van der Waals surface area contributed by atoms with Gasteiger partial charge in [0.15, 0.2) is 11.5 Å². The van der Waals surface area contributed by atoms with Gasteiger partial charge in [0.05, 0.1) is 34.3 Å². The minimum atomic E-state index is -0.0495. The van der Waals surface area contributed by atoms with Crippen LogP contribution in [0.15, 0.2) is 18.3 Å². The van der Waals surface area contributed by atoms with Crippen LogP contribution in [0.4, 0.5) is 5.69 Å². The van der Waals surface area contributed by atoms with Crippen LogP contribution in [0.5, 0.6) is 11.5 Å². The van der Waals surface area contributed by atoms with E-state index in [0.717, 1.165) is 40.7 Å². The smallest absolute Gasteiger partial charge is 0.216 e. The van der Waals surface area contributed by atoms with Crippen molar-refractivity contribution in [1.29, 1.82) is 0 Å². The number of nitrogens with one attached hydrogen (secondary N) is 4. The Morgan fingerprint density at radius 2 is 1.55 bits per heavy atom. The van der Waals surface area contributed by atoms with Gasteiger partial charge in [-0.1, -0.05) is 46.4 Å². The average Bonchev–Trinajstić information content (AvgIpc) is 3.44. The number of anilines is 1. The fourth-order valence-corrected chi connectivity index (χ4v) is 5.87. The summed E-state index contributed by atoms with van der Waals surface area (Å²) in [5.41, 5.74) is 3.84. The molecule has 0 saturated heterocycles. The number of hydrogen-bond donors (Lipinski definition) is 4. The molecule has 1 atom stereocenters. The number of carbonyl (C=O) groups is 2. The fraction of sp³-hybridized carbons (Fsp3) is 0.385. The first-order chi connectivity index (χ1) is 18.1. The van der Waals surface area contributed by atoms with Crippen molar-refractivity contribution in [3.8, 4) is 11.5 Å². The highest BCUT2D eigenvalue weighted by molar-refractivity contribution is 6.41. The zero-order valence-corrected chi connectivity index (χ0v) is 24.5. The Kier molecular flexibility index (Phi) is 10.7. The van der Waals surface area contributed by atoms with Gasteiger partial charge in [0.25, 0.3) is 0 Å². The van der Waals surface area contributed by atoms with Gasteiger partial charge in [0.2, 0.25) is 11.8 Å². The van der Waals surface area contributed by atoms with E-state index in [9.17, 15) is 9.59 Å². The molecule has 0 bridgehead atoms. The van der Waals surface area contributed by atoms with Crippen LogP contribution < -0.4 is 25.4 Å². The van der Waals surface area contributed by atoms with E-state index in [-0.39, 0.29) is 17.7 Å². The van der Waals surface area contributed by atoms with E-state index in [1.54, 1.807) is 13.2 Å². The lowest BCUT2D eigenvalue weighted by Gasteiger charge is -2.14. The van der Waals surface area contributed by atoms with Crippen molar-refractivity contribution in [2.75, 3.05) is 39.2 Å². The number of amides is 2. The summed E-state index contributed by atoms with van der Waals surface area (Å²) in [6, 6.07) is 3.61. The third-order valence-corrected chi connectivity index (χ3v) is 7.40. The third-order valence-electron chi connectivity index (χ3n) is 6.10. The second kappa shape index (κ2) is 13.5. The number of H-pyrrole nitrogens is 1. The van der Waals surface area contributed by atoms with Gasteiger partial charge < -0.3 is 30.4 Å². The molecule has 0 fully saturated rings. The maximum atomic E-state index is 10.9. The van der Waals surface area contributed by atoms with E-state index in [4.69, 9.17) is 55.9 Å². The SMILES string of the molecule is COc1c(Cl)cc2[nH]cc(CCNC(C)=O)c2c1Cl.COc1c(Cl)cc2c(c1Cl)C(CCNC(C)=O)CN2. The van der Waals surface area contributed by atoms with Crippen molar-refractivity contribution in [1.82, 2.24) is 15.6 Å². The van der Waals surface area contributed by atoms with Crippen molar-refractivity contribution in [2.24, 2.45) is 0 Å². The molecule has 4 N–H and O–H groups in total. The monoisotopic (exact) mass is 602 g/mol. The van der Waals surface area contributed by atoms with Crippen LogP contribution in [0.3, 0.4) is 0 Å². The van der Waals surface area contributed by atoms with E-state index in [2.05, 4.69) is 20.9 Å². The summed E-state index contributed by atoms with van der Waals surface area (Å²) in [5.74, 6) is 1.16. The maximum absolute atomic E-state index is 10.9. The molecule has 2 amide bonds. The lowest BCUT2D eigenvalue weighted by molar-refractivity contribution is -0.119. The summed E-state index contributed by atoms with van der Waals surface area (Å²) in [6.45, 7) is 4.98. The first kappa shape index (κ1) is 30.0. The molecule has 2 heterocycles. The second-order valence-electron chi connectivity index (χ2n) is 8.69. The molecule has 38 heavy (non-hydrogen) atoms. The highest BCUT2D eigenvalue weighted by Crippen LogP contribution is 2.47.